The first-order valence-electron chi connectivity index (χ1n) is 17.0. The van der Waals surface area contributed by atoms with E-state index in [1.165, 1.54) is 0 Å². The van der Waals surface area contributed by atoms with Crippen LogP contribution in [0, 0.1) is 6.92 Å². The topological polar surface area (TPSA) is 197 Å². The van der Waals surface area contributed by atoms with Crippen LogP contribution in [0.15, 0.2) is 90.2 Å². The second-order valence-electron chi connectivity index (χ2n) is 11.6. The van der Waals surface area contributed by atoms with Gasteiger partial charge in [-0.05, 0) is 71.7 Å². The Morgan fingerprint density at radius 2 is 1.77 bits per heavy atom. The van der Waals surface area contributed by atoms with E-state index in [0.29, 0.717) is 57.3 Å². The summed E-state index contributed by atoms with van der Waals surface area (Å²) >= 11 is 0. The summed E-state index contributed by atoms with van der Waals surface area (Å²) in [5.41, 5.74) is 11.5. The van der Waals surface area contributed by atoms with Gasteiger partial charge in [-0.1, -0.05) is 60.3 Å². The van der Waals surface area contributed by atoms with Crippen LogP contribution >= 0.6 is 0 Å². The van der Waals surface area contributed by atoms with Crippen LogP contribution in [0.3, 0.4) is 0 Å². The van der Waals surface area contributed by atoms with Gasteiger partial charge in [-0.25, -0.2) is 4.98 Å². The number of aryl methyl sites for hydroxylation is 1. The summed E-state index contributed by atoms with van der Waals surface area (Å²) in [4.78, 5) is 43.6. The number of benzene rings is 2. The first-order valence-corrected chi connectivity index (χ1v) is 17.0. The third kappa shape index (κ3) is 14.7. The van der Waals surface area contributed by atoms with E-state index in [1.54, 1.807) is 12.3 Å². The van der Waals surface area contributed by atoms with E-state index < -0.39 is 17.9 Å². The molecule has 0 aliphatic heterocycles. The molecule has 52 heavy (non-hydrogen) atoms. The molecule has 14 nitrogen and oxygen atoms in total. The van der Waals surface area contributed by atoms with Gasteiger partial charge in [0, 0.05) is 36.0 Å². The number of aromatic nitrogens is 1. The number of amides is 2. The molecule has 2 amide bonds. The molecule has 3 rings (SSSR count). The van der Waals surface area contributed by atoms with Crippen molar-refractivity contribution in [3.05, 3.63) is 107 Å². The average molecular weight is 714 g/mol. The predicted octanol–water partition coefficient (Wildman–Crippen LogP) is 5.75. The molecule has 1 aromatic heterocycles. The summed E-state index contributed by atoms with van der Waals surface area (Å²) < 4.78 is 16.9. The number of fused-ring (bicyclic) bond motifs is 1. The van der Waals surface area contributed by atoms with Crippen molar-refractivity contribution in [2.45, 2.75) is 39.2 Å². The molecule has 3 aromatic rings. The molecule has 0 spiro atoms. The Balaban J connectivity index is 1.53. The van der Waals surface area contributed by atoms with Crippen molar-refractivity contribution in [3.63, 3.8) is 0 Å². The van der Waals surface area contributed by atoms with Crippen LogP contribution in [0.25, 0.3) is 26.8 Å². The number of hydrogen-bond donors (Lipinski definition) is 4. The Labute approximate surface area is 303 Å². The summed E-state index contributed by atoms with van der Waals surface area (Å²) in [6, 6.07) is 14.6. The van der Waals surface area contributed by atoms with Crippen LogP contribution in [-0.2, 0) is 23.9 Å². The Hall–Kier alpha value is -5.69. The molecule has 0 aliphatic carbocycles. The van der Waals surface area contributed by atoms with Crippen molar-refractivity contribution in [3.8, 4) is 5.75 Å². The Morgan fingerprint density at radius 1 is 1.02 bits per heavy atom. The zero-order valence-corrected chi connectivity index (χ0v) is 29.7. The number of anilines is 1. The van der Waals surface area contributed by atoms with E-state index in [1.807, 2.05) is 74.5 Å². The monoisotopic (exact) mass is 713 g/mol. The second-order valence-corrected chi connectivity index (χ2v) is 11.6. The maximum absolute atomic E-state index is 12.7. The van der Waals surface area contributed by atoms with Crippen molar-refractivity contribution in [1.29, 1.82) is 0 Å². The number of rotatable bonds is 24. The van der Waals surface area contributed by atoms with Gasteiger partial charge in [0.25, 0.3) is 0 Å². The Bertz CT molecular complexity index is 1770. The Morgan fingerprint density at radius 3 is 2.50 bits per heavy atom. The van der Waals surface area contributed by atoms with E-state index in [-0.39, 0.29) is 31.8 Å². The molecular weight excluding hydrogens is 666 g/mol. The number of hydrogen-bond acceptors (Lipinski definition) is 9. The fourth-order valence-electron chi connectivity index (χ4n) is 5.05. The van der Waals surface area contributed by atoms with Crippen LogP contribution in [0.4, 0.5) is 5.82 Å². The molecule has 14 heteroatoms. The van der Waals surface area contributed by atoms with Crippen LogP contribution in [-0.4, -0.2) is 86.6 Å². The van der Waals surface area contributed by atoms with Gasteiger partial charge in [-0.2, -0.15) is 0 Å². The molecule has 0 aliphatic rings. The number of carbonyl (C=O) groups excluding carboxylic acids is 2. The minimum absolute atomic E-state index is 0.210. The zero-order valence-electron chi connectivity index (χ0n) is 29.7. The number of nitrogens with one attached hydrogen (secondary N) is 3. The molecule has 0 bridgehead atoms. The lowest BCUT2D eigenvalue weighted by molar-refractivity contribution is -0.137. The molecule has 4 N–H and O–H groups in total. The van der Waals surface area contributed by atoms with Crippen molar-refractivity contribution < 1.29 is 33.7 Å². The number of azide groups is 1. The highest BCUT2D eigenvalue weighted by molar-refractivity contribution is 5.99. The third-order valence-electron chi connectivity index (χ3n) is 7.65. The number of allylic oxidation sites excluding steroid dienone is 3. The average Bonchev–Trinajstić information content (AvgIpc) is 3.13. The van der Waals surface area contributed by atoms with Gasteiger partial charge in [-0.15, -0.1) is 0 Å². The van der Waals surface area contributed by atoms with E-state index in [4.69, 9.17) is 19.7 Å². The first kappa shape index (κ1) is 40.7. The fraction of sp³-hybridized carbons (Fsp3) is 0.368. The second kappa shape index (κ2) is 22.9. The molecule has 0 radical (unpaired) electrons. The highest BCUT2D eigenvalue weighted by atomic mass is 16.5. The lowest BCUT2D eigenvalue weighted by Crippen LogP contribution is -2.43. The smallest absolute Gasteiger partial charge is 0.305 e. The molecular formula is C38H47N7O7. The molecule has 0 saturated carbocycles. The number of carboxylic acid groups (broad SMARTS) is 1. The molecule has 0 unspecified atom stereocenters. The third-order valence-corrected chi connectivity index (χ3v) is 7.65. The minimum atomic E-state index is -1.10. The van der Waals surface area contributed by atoms with E-state index >= 15 is 0 Å². The largest absolute Gasteiger partial charge is 0.491 e. The maximum Gasteiger partial charge on any atom is 0.305 e. The normalized spacial score (nSPS) is 11.8. The number of carbonyl (C=O) groups is 3. The highest BCUT2D eigenvalue weighted by Gasteiger charge is 2.19. The summed E-state index contributed by atoms with van der Waals surface area (Å²) in [7, 11) is 0. The maximum atomic E-state index is 12.7. The summed E-state index contributed by atoms with van der Waals surface area (Å²) in [5, 5.41) is 23.2. The first-order chi connectivity index (χ1) is 25.2. The predicted molar refractivity (Wildman–Crippen MR) is 201 cm³/mol. The number of ether oxygens (including phenoxy) is 3. The van der Waals surface area contributed by atoms with Gasteiger partial charge >= 0.3 is 5.97 Å². The lowest BCUT2D eigenvalue weighted by atomic mass is 9.96. The Kier molecular flexibility index (Phi) is 18.0. The standard InChI is InChI=1S/C38H47N7O7/c1-4-29(30-13-14-34(32-9-6-5-8-31(30)32)52-23-22-51-21-20-50-19-18-43-45-39)12-11-28(3)33(25-38(48)49)44-37(47)26-42-36(46)10-7-16-40-35-24-27(2)15-17-41-35/h4-6,8-9,11-15,17,24,33H,3,7,10,16,18-23,25-26H2,1-2H3,(H,40,41)(H,42,46)(H,44,47)(H,48,49)/b12-11-,29-4+/t33-/m0/s1. The number of nitrogens with zero attached hydrogens (tertiary/aromatic N) is 4. The molecule has 0 saturated heterocycles. The summed E-state index contributed by atoms with van der Waals surface area (Å²) in [5.74, 6) is -0.488. The lowest BCUT2D eigenvalue weighted by Gasteiger charge is -2.18. The minimum Gasteiger partial charge on any atom is -0.491 e. The van der Waals surface area contributed by atoms with Gasteiger partial charge in [-0.3, -0.25) is 14.4 Å². The highest BCUT2D eigenvalue weighted by Crippen LogP contribution is 2.33. The van der Waals surface area contributed by atoms with Crippen molar-refractivity contribution >= 4 is 39.9 Å². The SMILES string of the molecule is C=C(/C=C\C(=C/C)c1ccc(OCCOCCOCCN=[N+]=[N-])c2ccccc12)[C@H](CC(=O)O)NC(=O)CNC(=O)CCCNc1cc(C)ccn1. The molecule has 1 atom stereocenters. The van der Waals surface area contributed by atoms with Gasteiger partial charge in [0.1, 0.15) is 18.2 Å². The molecule has 0 fully saturated rings. The van der Waals surface area contributed by atoms with Gasteiger partial charge < -0.3 is 35.3 Å². The fourth-order valence-corrected chi connectivity index (χ4v) is 5.05. The van der Waals surface area contributed by atoms with Crippen molar-refractivity contribution in [2.75, 3.05) is 58.0 Å². The number of pyridine rings is 1. The number of aliphatic carboxylic acids is 1. The van der Waals surface area contributed by atoms with Crippen LogP contribution in [0.2, 0.25) is 0 Å². The number of carboxylic acids is 1. The van der Waals surface area contributed by atoms with E-state index in [9.17, 15) is 19.5 Å². The van der Waals surface area contributed by atoms with E-state index in [0.717, 1.165) is 33.3 Å². The molecule has 1 heterocycles. The summed E-state index contributed by atoms with van der Waals surface area (Å²) in [6.45, 7) is 10.3. The van der Waals surface area contributed by atoms with Gasteiger partial charge in [0.15, 0.2) is 0 Å². The van der Waals surface area contributed by atoms with Crippen LogP contribution in [0.5, 0.6) is 5.75 Å². The summed E-state index contributed by atoms with van der Waals surface area (Å²) in [6.07, 6.45) is 7.53. The molecule has 276 valence electrons. The van der Waals surface area contributed by atoms with Gasteiger partial charge in [0.2, 0.25) is 11.8 Å². The zero-order chi connectivity index (χ0) is 37.6. The van der Waals surface area contributed by atoms with Crippen LogP contribution in [0.1, 0.15) is 37.3 Å². The van der Waals surface area contributed by atoms with E-state index in [2.05, 4.69) is 37.5 Å². The van der Waals surface area contributed by atoms with Crippen molar-refractivity contribution in [2.24, 2.45) is 5.11 Å². The quantitative estimate of drug-likeness (QED) is 0.0294. The van der Waals surface area contributed by atoms with Crippen LogP contribution < -0.4 is 20.7 Å². The van der Waals surface area contributed by atoms with Gasteiger partial charge in [0.05, 0.1) is 45.4 Å². The molecule has 2 aromatic carbocycles. The van der Waals surface area contributed by atoms with Crippen molar-refractivity contribution in [1.82, 2.24) is 15.6 Å².